The molecule has 1 aliphatic heterocycles. The maximum absolute atomic E-state index is 12.6. The van der Waals surface area contributed by atoms with E-state index in [0.29, 0.717) is 27.3 Å². The van der Waals surface area contributed by atoms with Crippen LogP contribution in [0.2, 0.25) is 5.02 Å². The zero-order valence-electron chi connectivity index (χ0n) is 14.8. The van der Waals surface area contributed by atoms with Crippen molar-refractivity contribution in [2.75, 3.05) is 12.4 Å². The van der Waals surface area contributed by atoms with Gasteiger partial charge in [0.25, 0.3) is 0 Å². The summed E-state index contributed by atoms with van der Waals surface area (Å²) in [7, 11) is 1.53. The highest BCUT2D eigenvalue weighted by Gasteiger charge is 2.30. The number of halogens is 1. The molecule has 0 saturated carbocycles. The van der Waals surface area contributed by atoms with E-state index < -0.39 is 5.25 Å². The number of carbonyl (C=O) groups excluding carboxylic acids is 2. The molecule has 27 heavy (non-hydrogen) atoms. The fourth-order valence-electron chi connectivity index (χ4n) is 2.46. The molecule has 0 aliphatic carbocycles. The molecule has 2 N–H and O–H groups in total. The third-order valence-corrected chi connectivity index (χ3v) is 5.16. The number of hydrogen-bond acceptors (Lipinski definition) is 5. The van der Waals surface area contributed by atoms with E-state index in [-0.39, 0.29) is 18.2 Å². The van der Waals surface area contributed by atoms with Crippen molar-refractivity contribution >= 4 is 51.7 Å². The van der Waals surface area contributed by atoms with Crippen LogP contribution in [0, 0.1) is 6.92 Å². The number of amidine groups is 1. The number of amides is 2. The monoisotopic (exact) mass is 403 g/mol. The molecule has 1 saturated heterocycles. The molecule has 8 heteroatoms. The van der Waals surface area contributed by atoms with Crippen molar-refractivity contribution in [3.05, 3.63) is 53.1 Å². The highest BCUT2D eigenvalue weighted by Crippen LogP contribution is 2.32. The standard InChI is InChI=1S/C19H18ClN3O3S/c1-11-3-6-13(7-4-11)21-18(25)16-10-17(24)23-19(27-16)22-14-9-12(20)5-8-15(14)26-2/h3-9,16H,10H2,1-2H3,(H,21,25)(H,22,23,24)/t16-/m0/s1. The molecule has 2 aromatic rings. The van der Waals surface area contributed by atoms with Crippen LogP contribution in [-0.2, 0) is 9.59 Å². The highest BCUT2D eigenvalue weighted by atomic mass is 35.5. The molecule has 0 aromatic heterocycles. The Morgan fingerprint density at radius 3 is 2.74 bits per heavy atom. The van der Waals surface area contributed by atoms with Gasteiger partial charge < -0.3 is 15.4 Å². The number of carbonyl (C=O) groups is 2. The number of aliphatic imine (C=N–C) groups is 1. The van der Waals surface area contributed by atoms with E-state index in [4.69, 9.17) is 16.3 Å². The van der Waals surface area contributed by atoms with Gasteiger partial charge in [-0.2, -0.15) is 0 Å². The number of methoxy groups -OCH3 is 1. The maximum Gasteiger partial charge on any atom is 0.238 e. The van der Waals surface area contributed by atoms with Crippen molar-refractivity contribution in [1.29, 1.82) is 0 Å². The van der Waals surface area contributed by atoms with Crippen LogP contribution >= 0.6 is 23.4 Å². The van der Waals surface area contributed by atoms with Crippen molar-refractivity contribution in [3.63, 3.8) is 0 Å². The lowest BCUT2D eigenvalue weighted by molar-refractivity contribution is -0.123. The molecule has 0 spiro atoms. The zero-order chi connectivity index (χ0) is 19.4. The molecule has 2 aromatic carbocycles. The molecule has 1 fully saturated rings. The Morgan fingerprint density at radius 2 is 2.04 bits per heavy atom. The summed E-state index contributed by atoms with van der Waals surface area (Å²) < 4.78 is 5.26. The van der Waals surface area contributed by atoms with Crippen LogP contribution in [0.15, 0.2) is 47.5 Å². The Kier molecular flexibility index (Phi) is 6.03. The number of ether oxygens (including phenoxy) is 1. The quantitative estimate of drug-likeness (QED) is 0.811. The molecule has 0 unspecified atom stereocenters. The van der Waals surface area contributed by atoms with Crippen molar-refractivity contribution < 1.29 is 14.3 Å². The van der Waals surface area contributed by atoms with Crippen LogP contribution < -0.4 is 15.4 Å². The number of hydrogen-bond donors (Lipinski definition) is 2. The van der Waals surface area contributed by atoms with Crippen molar-refractivity contribution in [2.24, 2.45) is 4.99 Å². The van der Waals surface area contributed by atoms with Crippen LogP contribution in [0.3, 0.4) is 0 Å². The SMILES string of the molecule is COc1ccc(Cl)cc1N=C1NC(=O)C[C@@H](C(=O)Nc2ccc(C)cc2)S1. The second-order valence-electron chi connectivity index (χ2n) is 5.95. The minimum Gasteiger partial charge on any atom is -0.494 e. The second kappa shape index (κ2) is 8.45. The number of thioether (sulfide) groups is 1. The van der Waals surface area contributed by atoms with Crippen LogP contribution in [0.4, 0.5) is 11.4 Å². The van der Waals surface area contributed by atoms with Crippen LogP contribution in [0.25, 0.3) is 0 Å². The smallest absolute Gasteiger partial charge is 0.238 e. The number of aryl methyl sites for hydroxylation is 1. The number of anilines is 1. The van der Waals surface area contributed by atoms with Gasteiger partial charge in [0.2, 0.25) is 11.8 Å². The topological polar surface area (TPSA) is 79.8 Å². The Labute approximate surface area is 166 Å². The first-order valence-electron chi connectivity index (χ1n) is 8.21. The largest absolute Gasteiger partial charge is 0.494 e. The first kappa shape index (κ1) is 19.3. The van der Waals surface area contributed by atoms with Gasteiger partial charge in [-0.25, -0.2) is 4.99 Å². The molecule has 140 valence electrons. The third-order valence-electron chi connectivity index (χ3n) is 3.85. The molecule has 1 heterocycles. The van der Waals surface area contributed by atoms with E-state index >= 15 is 0 Å². The number of nitrogens with zero attached hydrogens (tertiary/aromatic N) is 1. The average Bonchev–Trinajstić information content (AvgIpc) is 2.63. The van der Waals surface area contributed by atoms with Gasteiger partial charge in [-0.05, 0) is 37.3 Å². The van der Waals surface area contributed by atoms with Crippen LogP contribution in [0.5, 0.6) is 5.75 Å². The van der Waals surface area contributed by atoms with Gasteiger partial charge in [0.1, 0.15) is 16.7 Å². The molecule has 0 bridgehead atoms. The summed E-state index contributed by atoms with van der Waals surface area (Å²) in [5.74, 6) is 0.00925. The lowest BCUT2D eigenvalue weighted by Crippen LogP contribution is -2.41. The molecule has 3 rings (SSSR count). The minimum absolute atomic E-state index is 0.0774. The van der Waals surface area contributed by atoms with Gasteiger partial charge in [0.05, 0.1) is 7.11 Å². The molecule has 6 nitrogen and oxygen atoms in total. The summed E-state index contributed by atoms with van der Waals surface area (Å²) in [5.41, 5.74) is 2.27. The molecule has 2 amide bonds. The molecule has 1 atom stereocenters. The summed E-state index contributed by atoms with van der Waals surface area (Å²) >= 11 is 7.21. The lowest BCUT2D eigenvalue weighted by atomic mass is 10.2. The molecular weight excluding hydrogens is 386 g/mol. The Bertz CT molecular complexity index is 900. The van der Waals surface area contributed by atoms with E-state index in [2.05, 4.69) is 15.6 Å². The van der Waals surface area contributed by atoms with Crippen molar-refractivity contribution in [2.45, 2.75) is 18.6 Å². The summed E-state index contributed by atoms with van der Waals surface area (Å²) in [6.45, 7) is 1.97. The number of nitrogens with one attached hydrogen (secondary N) is 2. The Balaban J connectivity index is 1.77. The fraction of sp³-hybridized carbons (Fsp3) is 0.211. The average molecular weight is 404 g/mol. The Morgan fingerprint density at radius 1 is 1.30 bits per heavy atom. The molecule has 1 aliphatic rings. The third kappa shape index (κ3) is 5.02. The normalized spacial score (nSPS) is 18.1. The molecule has 0 radical (unpaired) electrons. The summed E-state index contributed by atoms with van der Waals surface area (Å²) in [5, 5.41) is 5.77. The van der Waals surface area contributed by atoms with Gasteiger partial charge in [-0.1, -0.05) is 41.1 Å². The first-order valence-corrected chi connectivity index (χ1v) is 9.46. The van der Waals surface area contributed by atoms with Gasteiger partial charge >= 0.3 is 0 Å². The van der Waals surface area contributed by atoms with E-state index in [0.717, 1.165) is 5.56 Å². The zero-order valence-corrected chi connectivity index (χ0v) is 16.4. The van der Waals surface area contributed by atoms with E-state index in [9.17, 15) is 9.59 Å². The minimum atomic E-state index is -0.580. The molecular formula is C19H18ClN3O3S. The summed E-state index contributed by atoms with van der Waals surface area (Å²) in [6, 6.07) is 12.5. The van der Waals surface area contributed by atoms with Crippen LogP contribution in [-0.4, -0.2) is 29.3 Å². The van der Waals surface area contributed by atoms with Crippen molar-refractivity contribution in [1.82, 2.24) is 5.32 Å². The van der Waals surface area contributed by atoms with Crippen LogP contribution in [0.1, 0.15) is 12.0 Å². The number of benzene rings is 2. The van der Waals surface area contributed by atoms with Crippen molar-refractivity contribution in [3.8, 4) is 5.75 Å². The second-order valence-corrected chi connectivity index (χ2v) is 7.58. The Hall–Kier alpha value is -2.51. The van der Waals surface area contributed by atoms with Gasteiger partial charge in [0.15, 0.2) is 5.17 Å². The van der Waals surface area contributed by atoms with Gasteiger partial charge in [0, 0.05) is 17.1 Å². The summed E-state index contributed by atoms with van der Waals surface area (Å²) in [4.78, 5) is 29.0. The fourth-order valence-corrected chi connectivity index (χ4v) is 3.62. The number of rotatable bonds is 4. The predicted molar refractivity (Wildman–Crippen MR) is 109 cm³/mol. The lowest BCUT2D eigenvalue weighted by Gasteiger charge is -2.22. The van der Waals surface area contributed by atoms with E-state index in [1.807, 2.05) is 31.2 Å². The maximum atomic E-state index is 12.6. The van der Waals surface area contributed by atoms with Gasteiger partial charge in [-0.15, -0.1) is 0 Å². The first-order chi connectivity index (χ1) is 12.9. The predicted octanol–water partition coefficient (Wildman–Crippen LogP) is 3.90. The van der Waals surface area contributed by atoms with E-state index in [1.54, 1.807) is 18.2 Å². The highest BCUT2D eigenvalue weighted by molar-refractivity contribution is 8.15. The summed E-state index contributed by atoms with van der Waals surface area (Å²) in [6.07, 6.45) is 0.0774. The van der Waals surface area contributed by atoms with E-state index in [1.165, 1.54) is 18.9 Å². The van der Waals surface area contributed by atoms with Gasteiger partial charge in [-0.3, -0.25) is 9.59 Å².